The van der Waals surface area contributed by atoms with Crippen molar-refractivity contribution in [2.24, 2.45) is 11.8 Å². The molecule has 0 bridgehead atoms. The summed E-state index contributed by atoms with van der Waals surface area (Å²) in [4.78, 5) is 4.33. The van der Waals surface area contributed by atoms with E-state index in [1.165, 1.54) is 25.7 Å². The van der Waals surface area contributed by atoms with Crippen LogP contribution in [0.2, 0.25) is 0 Å². The van der Waals surface area contributed by atoms with Gasteiger partial charge < -0.3 is 10.1 Å². The van der Waals surface area contributed by atoms with Gasteiger partial charge in [0, 0.05) is 18.3 Å². The fraction of sp³-hybridized carbons (Fsp3) is 0.706. The van der Waals surface area contributed by atoms with Crippen molar-refractivity contribution in [3.05, 3.63) is 23.9 Å². The van der Waals surface area contributed by atoms with Crippen LogP contribution in [0.3, 0.4) is 0 Å². The molecule has 112 valence electrons. The van der Waals surface area contributed by atoms with Crippen LogP contribution in [-0.4, -0.2) is 17.6 Å². The Morgan fingerprint density at radius 1 is 1.30 bits per heavy atom. The Kier molecular flexibility index (Phi) is 5.84. The van der Waals surface area contributed by atoms with E-state index in [4.69, 9.17) is 4.74 Å². The number of hydrogen-bond acceptors (Lipinski definition) is 3. The van der Waals surface area contributed by atoms with Gasteiger partial charge in [-0.1, -0.05) is 25.8 Å². The monoisotopic (exact) mass is 276 g/mol. The Morgan fingerprint density at radius 3 is 2.75 bits per heavy atom. The van der Waals surface area contributed by atoms with Crippen LogP contribution in [0.1, 0.15) is 52.0 Å². The molecule has 0 radical (unpaired) electrons. The number of hydrogen-bond donors (Lipinski definition) is 1. The fourth-order valence-electron chi connectivity index (χ4n) is 2.83. The highest BCUT2D eigenvalue weighted by Crippen LogP contribution is 2.27. The van der Waals surface area contributed by atoms with Crippen molar-refractivity contribution in [3.8, 4) is 5.88 Å². The minimum atomic E-state index is 0.170. The van der Waals surface area contributed by atoms with E-state index in [2.05, 4.69) is 23.3 Å². The molecule has 2 rings (SSSR count). The van der Waals surface area contributed by atoms with Gasteiger partial charge in [0.1, 0.15) is 0 Å². The van der Waals surface area contributed by atoms with Crippen molar-refractivity contribution < 1.29 is 4.74 Å². The first-order valence-electron chi connectivity index (χ1n) is 7.96. The maximum Gasteiger partial charge on any atom is 0.218 e. The molecule has 1 heterocycles. The van der Waals surface area contributed by atoms with Crippen LogP contribution >= 0.6 is 0 Å². The van der Waals surface area contributed by atoms with Gasteiger partial charge in [-0.15, -0.1) is 0 Å². The van der Waals surface area contributed by atoms with Crippen molar-refractivity contribution in [3.63, 3.8) is 0 Å². The molecule has 0 unspecified atom stereocenters. The highest BCUT2D eigenvalue weighted by atomic mass is 16.5. The first kappa shape index (κ1) is 15.3. The zero-order chi connectivity index (χ0) is 14.4. The number of nitrogens with one attached hydrogen (secondary N) is 1. The summed E-state index contributed by atoms with van der Waals surface area (Å²) >= 11 is 0. The second-order valence-corrected chi connectivity index (χ2v) is 6.39. The Morgan fingerprint density at radius 2 is 2.05 bits per heavy atom. The van der Waals surface area contributed by atoms with Gasteiger partial charge in [-0.05, 0) is 51.1 Å². The smallest absolute Gasteiger partial charge is 0.218 e. The third-order valence-corrected chi connectivity index (χ3v) is 4.08. The molecule has 3 heteroatoms. The number of rotatable bonds is 6. The second-order valence-electron chi connectivity index (χ2n) is 6.39. The zero-order valence-electron chi connectivity index (χ0n) is 13.1. The van der Waals surface area contributed by atoms with Crippen molar-refractivity contribution >= 4 is 0 Å². The maximum atomic E-state index is 5.75. The summed E-state index contributed by atoms with van der Waals surface area (Å²) in [6.45, 7) is 8.41. The van der Waals surface area contributed by atoms with Gasteiger partial charge in [0.15, 0.2) is 0 Å². The van der Waals surface area contributed by atoms with Crippen LogP contribution in [0.4, 0.5) is 0 Å². The molecule has 1 N–H and O–H groups in total. The molecule has 0 spiro atoms. The molecule has 1 fully saturated rings. The summed E-state index contributed by atoms with van der Waals surface area (Å²) in [6, 6.07) is 4.08. The lowest BCUT2D eigenvalue weighted by Crippen LogP contribution is -2.26. The summed E-state index contributed by atoms with van der Waals surface area (Å²) in [5.41, 5.74) is 1.16. The number of pyridine rings is 1. The third-order valence-electron chi connectivity index (χ3n) is 4.08. The molecule has 0 aromatic carbocycles. The lowest BCUT2D eigenvalue weighted by molar-refractivity contribution is 0.229. The van der Waals surface area contributed by atoms with E-state index in [1.807, 2.05) is 19.9 Å². The van der Waals surface area contributed by atoms with E-state index in [1.54, 1.807) is 6.20 Å². The van der Waals surface area contributed by atoms with Crippen LogP contribution in [0, 0.1) is 11.8 Å². The van der Waals surface area contributed by atoms with E-state index >= 15 is 0 Å². The molecule has 1 aromatic rings. The van der Waals surface area contributed by atoms with Gasteiger partial charge in [-0.25, -0.2) is 4.98 Å². The number of nitrogens with zero attached hydrogens (tertiary/aromatic N) is 1. The normalized spacial score (nSPS) is 23.0. The first-order valence-corrected chi connectivity index (χ1v) is 7.96. The summed E-state index contributed by atoms with van der Waals surface area (Å²) in [6.07, 6.45) is 7.49. The molecular formula is C17H28N2O. The van der Waals surface area contributed by atoms with Crippen molar-refractivity contribution in [1.82, 2.24) is 10.3 Å². The molecule has 3 nitrogen and oxygen atoms in total. The molecule has 1 aliphatic carbocycles. The molecule has 0 aliphatic heterocycles. The van der Waals surface area contributed by atoms with E-state index < -0.39 is 0 Å². The lowest BCUT2D eigenvalue weighted by atomic mass is 9.83. The van der Waals surface area contributed by atoms with Crippen LogP contribution in [0.5, 0.6) is 5.88 Å². The summed E-state index contributed by atoms with van der Waals surface area (Å²) in [7, 11) is 0. The van der Waals surface area contributed by atoms with Gasteiger partial charge in [0.2, 0.25) is 5.88 Å². The van der Waals surface area contributed by atoms with Gasteiger partial charge in [-0.3, -0.25) is 0 Å². The van der Waals surface area contributed by atoms with Crippen molar-refractivity contribution in [1.29, 1.82) is 0 Å². The van der Waals surface area contributed by atoms with E-state index in [9.17, 15) is 0 Å². The zero-order valence-corrected chi connectivity index (χ0v) is 13.1. The Hall–Kier alpha value is -1.09. The average molecular weight is 276 g/mol. The van der Waals surface area contributed by atoms with E-state index in [-0.39, 0.29) is 6.10 Å². The topological polar surface area (TPSA) is 34.2 Å². The molecule has 0 amide bonds. The first-order chi connectivity index (χ1) is 9.65. The highest BCUT2D eigenvalue weighted by molar-refractivity contribution is 5.25. The molecule has 1 aliphatic rings. The Bertz CT molecular complexity index is 398. The van der Waals surface area contributed by atoms with Gasteiger partial charge in [0.25, 0.3) is 0 Å². The van der Waals surface area contributed by atoms with Gasteiger partial charge >= 0.3 is 0 Å². The maximum absolute atomic E-state index is 5.75. The van der Waals surface area contributed by atoms with Crippen LogP contribution in [-0.2, 0) is 6.54 Å². The van der Waals surface area contributed by atoms with Crippen molar-refractivity contribution in [2.75, 3.05) is 6.54 Å². The molecule has 0 atom stereocenters. The minimum Gasteiger partial charge on any atom is -0.475 e. The van der Waals surface area contributed by atoms with Gasteiger partial charge in [-0.2, -0.15) is 0 Å². The Labute approximate surface area is 123 Å². The fourth-order valence-corrected chi connectivity index (χ4v) is 2.83. The van der Waals surface area contributed by atoms with E-state index in [0.717, 1.165) is 36.4 Å². The van der Waals surface area contributed by atoms with E-state index in [0.29, 0.717) is 0 Å². The summed E-state index contributed by atoms with van der Waals surface area (Å²) in [5.74, 6) is 2.54. The molecule has 1 aromatic heterocycles. The third kappa shape index (κ3) is 4.78. The minimum absolute atomic E-state index is 0.170. The van der Waals surface area contributed by atoms with Crippen LogP contribution in [0.25, 0.3) is 0 Å². The van der Waals surface area contributed by atoms with Crippen LogP contribution in [0.15, 0.2) is 18.3 Å². The standard InChI is InChI=1S/C17H28N2O/c1-13(2)20-17-16(5-4-10-19-17)12-18-11-15-8-6-14(3)7-9-15/h4-5,10,13-15,18H,6-9,11-12H2,1-3H3. The summed E-state index contributed by atoms with van der Waals surface area (Å²) < 4.78 is 5.75. The summed E-state index contributed by atoms with van der Waals surface area (Å²) in [5, 5.41) is 3.58. The van der Waals surface area contributed by atoms with Crippen molar-refractivity contribution in [2.45, 2.75) is 59.1 Å². The second kappa shape index (κ2) is 7.63. The number of ether oxygens (including phenoxy) is 1. The highest BCUT2D eigenvalue weighted by Gasteiger charge is 2.17. The molecule has 20 heavy (non-hydrogen) atoms. The average Bonchev–Trinajstić information content (AvgIpc) is 2.42. The Balaban J connectivity index is 1.79. The number of aromatic nitrogens is 1. The molecule has 0 saturated heterocycles. The van der Waals surface area contributed by atoms with Gasteiger partial charge in [0.05, 0.1) is 6.10 Å². The lowest BCUT2D eigenvalue weighted by Gasteiger charge is -2.26. The predicted octanol–water partition coefficient (Wildman–Crippen LogP) is 3.78. The quantitative estimate of drug-likeness (QED) is 0.858. The SMILES string of the molecule is CC1CCC(CNCc2cccnc2OC(C)C)CC1. The molecule has 1 saturated carbocycles. The molecular weight excluding hydrogens is 248 g/mol. The van der Waals surface area contributed by atoms with Crippen LogP contribution < -0.4 is 10.1 Å². The predicted molar refractivity (Wildman–Crippen MR) is 82.8 cm³/mol. The largest absolute Gasteiger partial charge is 0.475 e.